The van der Waals surface area contributed by atoms with E-state index in [4.69, 9.17) is 5.11 Å². The highest BCUT2D eigenvalue weighted by atomic mass is 16.3. The summed E-state index contributed by atoms with van der Waals surface area (Å²) < 4.78 is 0. The van der Waals surface area contributed by atoms with E-state index in [9.17, 15) is 5.11 Å². The summed E-state index contributed by atoms with van der Waals surface area (Å²) in [6.45, 7) is 2.00. The molecule has 0 saturated carbocycles. The van der Waals surface area contributed by atoms with Gasteiger partial charge >= 0.3 is 0 Å². The molecule has 1 rings (SSSR count). The Morgan fingerprint density at radius 2 is 2.09 bits per heavy atom. The number of aryl methyl sites for hydroxylation is 1. The first-order chi connectivity index (χ1) is 5.25. The Hall–Kier alpha value is -1.02. The summed E-state index contributed by atoms with van der Waals surface area (Å²) in [7, 11) is 0. The first-order valence-corrected chi connectivity index (χ1v) is 3.64. The summed E-state index contributed by atoms with van der Waals surface area (Å²) >= 11 is 0. The zero-order valence-corrected chi connectivity index (χ0v) is 6.54. The van der Waals surface area contributed by atoms with Crippen molar-refractivity contribution in [3.63, 3.8) is 0 Å². The molecule has 2 N–H and O–H groups in total. The molecule has 2 heteroatoms. The maximum atomic E-state index is 9.31. The highest BCUT2D eigenvalue weighted by Gasteiger charge is 2.01. The van der Waals surface area contributed by atoms with E-state index in [-0.39, 0.29) is 12.4 Å². The monoisotopic (exact) mass is 152 g/mol. The molecule has 0 aliphatic rings. The van der Waals surface area contributed by atoms with Gasteiger partial charge in [-0.2, -0.15) is 0 Å². The lowest BCUT2D eigenvalue weighted by atomic mass is 10.1. The third-order valence-electron chi connectivity index (χ3n) is 1.75. The SMILES string of the molecule is Cc1cccc(O)c1CCO. The van der Waals surface area contributed by atoms with Gasteiger partial charge in [0, 0.05) is 6.61 Å². The lowest BCUT2D eigenvalue weighted by molar-refractivity contribution is 0.297. The van der Waals surface area contributed by atoms with Crippen LogP contribution in [0.4, 0.5) is 0 Å². The second-order valence-electron chi connectivity index (χ2n) is 2.55. The summed E-state index contributed by atoms with van der Waals surface area (Å²) in [6, 6.07) is 5.36. The molecule has 2 nitrogen and oxygen atoms in total. The third kappa shape index (κ3) is 1.71. The topological polar surface area (TPSA) is 40.5 Å². The molecule has 0 heterocycles. The van der Waals surface area contributed by atoms with Gasteiger partial charge < -0.3 is 10.2 Å². The van der Waals surface area contributed by atoms with E-state index in [1.54, 1.807) is 12.1 Å². The first-order valence-electron chi connectivity index (χ1n) is 3.64. The van der Waals surface area contributed by atoms with Crippen LogP contribution in [-0.4, -0.2) is 16.8 Å². The van der Waals surface area contributed by atoms with E-state index in [0.717, 1.165) is 11.1 Å². The van der Waals surface area contributed by atoms with Gasteiger partial charge in [-0.15, -0.1) is 0 Å². The van der Waals surface area contributed by atoms with Crippen LogP contribution in [0.5, 0.6) is 5.75 Å². The number of aliphatic hydroxyl groups is 1. The van der Waals surface area contributed by atoms with Gasteiger partial charge in [0.1, 0.15) is 5.75 Å². The number of rotatable bonds is 2. The fourth-order valence-electron chi connectivity index (χ4n) is 1.12. The molecule has 0 atom stereocenters. The Balaban J connectivity index is 3.00. The standard InChI is InChI=1S/C9H12O2/c1-7-3-2-4-9(11)8(7)5-6-10/h2-4,10-11H,5-6H2,1H3. The van der Waals surface area contributed by atoms with Gasteiger partial charge in [0.05, 0.1) is 0 Å². The van der Waals surface area contributed by atoms with Crippen LogP contribution in [-0.2, 0) is 6.42 Å². The van der Waals surface area contributed by atoms with Crippen LogP contribution >= 0.6 is 0 Å². The summed E-state index contributed by atoms with van der Waals surface area (Å²) in [5.74, 6) is 0.277. The van der Waals surface area contributed by atoms with Crippen LogP contribution in [0.3, 0.4) is 0 Å². The molecule has 1 aromatic rings. The Morgan fingerprint density at radius 3 is 2.64 bits per heavy atom. The molecule has 0 amide bonds. The van der Waals surface area contributed by atoms with Gasteiger partial charge in [-0.25, -0.2) is 0 Å². The average molecular weight is 152 g/mol. The number of aromatic hydroxyl groups is 1. The molecule has 60 valence electrons. The molecule has 0 aromatic heterocycles. The van der Waals surface area contributed by atoms with Crippen molar-refractivity contribution in [1.29, 1.82) is 0 Å². The van der Waals surface area contributed by atoms with Crippen molar-refractivity contribution in [2.45, 2.75) is 13.3 Å². The Labute approximate surface area is 66.1 Å². The maximum Gasteiger partial charge on any atom is 0.119 e. The van der Waals surface area contributed by atoms with Crippen molar-refractivity contribution in [3.05, 3.63) is 29.3 Å². The van der Waals surface area contributed by atoms with E-state index in [1.807, 2.05) is 13.0 Å². The van der Waals surface area contributed by atoms with Crippen molar-refractivity contribution in [1.82, 2.24) is 0 Å². The Kier molecular flexibility index (Phi) is 2.49. The van der Waals surface area contributed by atoms with Crippen molar-refractivity contribution in [2.75, 3.05) is 6.61 Å². The quantitative estimate of drug-likeness (QED) is 0.669. The van der Waals surface area contributed by atoms with Gasteiger partial charge in [-0.3, -0.25) is 0 Å². The molecule has 0 aliphatic carbocycles. The van der Waals surface area contributed by atoms with Crippen LogP contribution in [0.1, 0.15) is 11.1 Å². The zero-order chi connectivity index (χ0) is 8.27. The molecule has 0 unspecified atom stereocenters. The van der Waals surface area contributed by atoms with E-state index >= 15 is 0 Å². The minimum Gasteiger partial charge on any atom is -0.508 e. The number of phenolic OH excluding ortho intramolecular Hbond substituents is 1. The minimum absolute atomic E-state index is 0.0818. The van der Waals surface area contributed by atoms with Crippen LogP contribution in [0.25, 0.3) is 0 Å². The number of aliphatic hydroxyl groups excluding tert-OH is 1. The van der Waals surface area contributed by atoms with Crippen LogP contribution in [0, 0.1) is 6.92 Å². The highest BCUT2D eigenvalue weighted by molar-refractivity contribution is 5.38. The maximum absolute atomic E-state index is 9.31. The second-order valence-corrected chi connectivity index (χ2v) is 2.55. The van der Waals surface area contributed by atoms with Gasteiger partial charge in [-0.05, 0) is 30.5 Å². The fraction of sp³-hybridized carbons (Fsp3) is 0.333. The van der Waals surface area contributed by atoms with Crippen molar-refractivity contribution in [2.24, 2.45) is 0 Å². The van der Waals surface area contributed by atoms with Crippen LogP contribution < -0.4 is 0 Å². The van der Waals surface area contributed by atoms with Gasteiger partial charge in [0.25, 0.3) is 0 Å². The summed E-state index contributed by atoms with van der Waals surface area (Å²) in [5, 5.41) is 18.0. The molecule has 0 spiro atoms. The molecule has 11 heavy (non-hydrogen) atoms. The number of hydrogen-bond acceptors (Lipinski definition) is 2. The Bertz CT molecular complexity index is 223. The lowest BCUT2D eigenvalue weighted by Gasteiger charge is -2.05. The predicted molar refractivity (Wildman–Crippen MR) is 43.6 cm³/mol. The van der Waals surface area contributed by atoms with E-state index in [2.05, 4.69) is 0 Å². The smallest absolute Gasteiger partial charge is 0.119 e. The number of phenols is 1. The molecule has 0 aliphatic heterocycles. The number of benzene rings is 1. The Morgan fingerprint density at radius 1 is 1.36 bits per heavy atom. The van der Waals surface area contributed by atoms with E-state index < -0.39 is 0 Å². The largest absolute Gasteiger partial charge is 0.508 e. The second kappa shape index (κ2) is 3.39. The summed E-state index contributed by atoms with van der Waals surface area (Å²) in [6.07, 6.45) is 0.526. The first kappa shape index (κ1) is 8.08. The van der Waals surface area contributed by atoms with Gasteiger partial charge in [0.2, 0.25) is 0 Å². The van der Waals surface area contributed by atoms with E-state index in [0.29, 0.717) is 6.42 Å². The van der Waals surface area contributed by atoms with Crippen molar-refractivity contribution in [3.8, 4) is 5.75 Å². The van der Waals surface area contributed by atoms with Crippen LogP contribution in [0.15, 0.2) is 18.2 Å². The van der Waals surface area contributed by atoms with Crippen LogP contribution in [0.2, 0.25) is 0 Å². The summed E-state index contributed by atoms with van der Waals surface area (Å²) in [4.78, 5) is 0. The molecule has 0 bridgehead atoms. The molecule has 0 radical (unpaired) electrons. The fourth-order valence-corrected chi connectivity index (χ4v) is 1.12. The molecule has 1 aromatic carbocycles. The normalized spacial score (nSPS) is 10.0. The molecular formula is C9H12O2. The molecule has 0 saturated heterocycles. The zero-order valence-electron chi connectivity index (χ0n) is 6.54. The average Bonchev–Trinajstić information content (AvgIpc) is 1.97. The van der Waals surface area contributed by atoms with Gasteiger partial charge in [-0.1, -0.05) is 12.1 Å². The predicted octanol–water partition coefficient (Wildman–Crippen LogP) is 1.24. The molecule has 0 fully saturated rings. The summed E-state index contributed by atoms with van der Waals surface area (Å²) in [5.41, 5.74) is 1.87. The lowest BCUT2D eigenvalue weighted by Crippen LogP contribution is -1.93. The van der Waals surface area contributed by atoms with Crippen molar-refractivity contribution < 1.29 is 10.2 Å². The van der Waals surface area contributed by atoms with Gasteiger partial charge in [0.15, 0.2) is 0 Å². The molecular weight excluding hydrogens is 140 g/mol. The van der Waals surface area contributed by atoms with Crippen molar-refractivity contribution >= 4 is 0 Å². The minimum atomic E-state index is 0.0818. The van der Waals surface area contributed by atoms with E-state index in [1.165, 1.54) is 0 Å². The third-order valence-corrected chi connectivity index (χ3v) is 1.75. The highest BCUT2D eigenvalue weighted by Crippen LogP contribution is 2.20. The number of hydrogen-bond donors (Lipinski definition) is 2.